The van der Waals surface area contributed by atoms with Crippen LogP contribution in [0.1, 0.15) is 32.1 Å². The second kappa shape index (κ2) is 4.78. The molecule has 0 aliphatic heterocycles. The highest BCUT2D eigenvalue weighted by Crippen LogP contribution is 2.59. The van der Waals surface area contributed by atoms with Crippen molar-refractivity contribution in [2.75, 3.05) is 5.32 Å². The third kappa shape index (κ3) is 1.95. The first-order chi connectivity index (χ1) is 9.63. The summed E-state index contributed by atoms with van der Waals surface area (Å²) < 4.78 is 13.5. The summed E-state index contributed by atoms with van der Waals surface area (Å²) in [4.78, 5) is 0. The van der Waals surface area contributed by atoms with Crippen molar-refractivity contribution in [2.24, 2.45) is 23.7 Å². The van der Waals surface area contributed by atoms with E-state index in [0.29, 0.717) is 6.04 Å². The number of hydrogen-bond acceptors (Lipinski definition) is 1. The van der Waals surface area contributed by atoms with E-state index in [1.54, 1.807) is 12.1 Å². The van der Waals surface area contributed by atoms with Gasteiger partial charge in [-0.2, -0.15) is 0 Å². The summed E-state index contributed by atoms with van der Waals surface area (Å²) in [6, 6.07) is 3.82. The smallest absolute Gasteiger partial charge is 0.160 e. The zero-order chi connectivity index (χ0) is 13.9. The summed E-state index contributed by atoms with van der Waals surface area (Å²) in [7, 11) is 0. The molecule has 4 rings (SSSR count). The van der Waals surface area contributed by atoms with Crippen LogP contribution in [0.5, 0.6) is 0 Å². The Hall–Kier alpha value is -0.470. The lowest BCUT2D eigenvalue weighted by Crippen LogP contribution is -2.33. The summed E-state index contributed by atoms with van der Waals surface area (Å²) in [5, 5.41) is 3.76. The fraction of sp³-hybridized carbons (Fsp3) is 0.625. The van der Waals surface area contributed by atoms with E-state index >= 15 is 0 Å². The van der Waals surface area contributed by atoms with Crippen molar-refractivity contribution in [3.63, 3.8) is 0 Å². The van der Waals surface area contributed by atoms with Crippen molar-refractivity contribution >= 4 is 28.9 Å². The number of nitrogens with one attached hydrogen (secondary N) is 1. The van der Waals surface area contributed by atoms with E-state index < -0.39 is 5.82 Å². The number of fused-ring (bicyclic) bond motifs is 5. The highest BCUT2D eigenvalue weighted by atomic mass is 35.5. The average molecular weight is 314 g/mol. The maximum absolute atomic E-state index is 13.5. The van der Waals surface area contributed by atoms with E-state index in [9.17, 15) is 4.39 Å². The van der Waals surface area contributed by atoms with Gasteiger partial charge < -0.3 is 5.32 Å². The van der Waals surface area contributed by atoms with Gasteiger partial charge >= 0.3 is 0 Å². The van der Waals surface area contributed by atoms with Crippen LogP contribution in [-0.4, -0.2) is 6.04 Å². The van der Waals surface area contributed by atoms with E-state index in [0.717, 1.165) is 29.4 Å². The minimum absolute atomic E-state index is 0.0990. The van der Waals surface area contributed by atoms with Gasteiger partial charge in [0.1, 0.15) is 0 Å². The average Bonchev–Trinajstić information content (AvgIpc) is 3.07. The third-order valence-electron chi connectivity index (χ3n) is 5.76. The predicted molar refractivity (Wildman–Crippen MR) is 80.9 cm³/mol. The molecule has 5 atom stereocenters. The number of rotatable bonds is 2. The van der Waals surface area contributed by atoms with Crippen LogP contribution in [0.3, 0.4) is 0 Å². The molecule has 0 spiro atoms. The minimum atomic E-state index is -0.525. The Balaban J connectivity index is 1.53. The molecule has 0 amide bonds. The SMILES string of the molecule is Fc1c(Cl)cc(NC2CC3CC2C2CCCC32)cc1Cl. The van der Waals surface area contributed by atoms with E-state index in [4.69, 9.17) is 23.2 Å². The van der Waals surface area contributed by atoms with Crippen LogP contribution in [0.15, 0.2) is 12.1 Å². The topological polar surface area (TPSA) is 12.0 Å². The van der Waals surface area contributed by atoms with Crippen molar-refractivity contribution in [1.82, 2.24) is 0 Å². The van der Waals surface area contributed by atoms with Gasteiger partial charge in [0.2, 0.25) is 0 Å². The first-order valence-electron chi connectivity index (χ1n) is 7.54. The molecule has 3 saturated carbocycles. The largest absolute Gasteiger partial charge is 0.382 e. The lowest BCUT2D eigenvalue weighted by atomic mass is 9.79. The lowest BCUT2D eigenvalue weighted by Gasteiger charge is -2.32. The number of anilines is 1. The zero-order valence-electron chi connectivity index (χ0n) is 11.2. The summed E-state index contributed by atoms with van der Waals surface area (Å²) in [6.07, 6.45) is 6.86. The van der Waals surface area contributed by atoms with Gasteiger partial charge in [-0.15, -0.1) is 0 Å². The van der Waals surface area contributed by atoms with E-state index in [1.807, 2.05) is 0 Å². The van der Waals surface area contributed by atoms with Crippen LogP contribution in [-0.2, 0) is 0 Å². The van der Waals surface area contributed by atoms with E-state index in [1.165, 1.54) is 32.1 Å². The quantitative estimate of drug-likeness (QED) is 0.724. The Labute approximate surface area is 128 Å². The Morgan fingerprint density at radius 2 is 1.70 bits per heavy atom. The number of hydrogen-bond donors (Lipinski definition) is 1. The van der Waals surface area contributed by atoms with Gasteiger partial charge in [0.15, 0.2) is 5.82 Å². The Bertz CT molecular complexity index is 524. The van der Waals surface area contributed by atoms with Crippen LogP contribution >= 0.6 is 23.2 Å². The van der Waals surface area contributed by atoms with Crippen molar-refractivity contribution in [2.45, 2.75) is 38.1 Å². The summed E-state index contributed by atoms with van der Waals surface area (Å²) >= 11 is 11.7. The fourth-order valence-electron chi connectivity index (χ4n) is 5.09. The van der Waals surface area contributed by atoms with Crippen LogP contribution in [0.4, 0.5) is 10.1 Å². The second-order valence-corrected chi connectivity index (χ2v) is 7.47. The van der Waals surface area contributed by atoms with Gasteiger partial charge in [0.25, 0.3) is 0 Å². The molecule has 3 fully saturated rings. The molecule has 1 N–H and O–H groups in total. The molecule has 2 bridgehead atoms. The summed E-state index contributed by atoms with van der Waals surface area (Å²) in [5.74, 6) is 3.06. The van der Waals surface area contributed by atoms with Crippen molar-refractivity contribution < 1.29 is 4.39 Å². The molecular formula is C16H18Cl2FN. The van der Waals surface area contributed by atoms with Crippen LogP contribution in [0.25, 0.3) is 0 Å². The molecule has 108 valence electrons. The van der Waals surface area contributed by atoms with Crippen LogP contribution < -0.4 is 5.32 Å². The highest BCUT2D eigenvalue weighted by molar-refractivity contribution is 6.35. The normalized spacial score (nSPS) is 38.2. The molecule has 0 saturated heterocycles. The first kappa shape index (κ1) is 13.2. The monoisotopic (exact) mass is 313 g/mol. The van der Waals surface area contributed by atoms with Crippen molar-refractivity contribution in [1.29, 1.82) is 0 Å². The van der Waals surface area contributed by atoms with Gasteiger partial charge in [-0.25, -0.2) is 4.39 Å². The van der Waals surface area contributed by atoms with Gasteiger partial charge in [0.05, 0.1) is 10.0 Å². The van der Waals surface area contributed by atoms with E-state index in [2.05, 4.69) is 5.32 Å². The fourth-order valence-corrected chi connectivity index (χ4v) is 5.57. The molecular weight excluding hydrogens is 296 g/mol. The minimum Gasteiger partial charge on any atom is -0.382 e. The predicted octanol–water partition coefficient (Wildman–Crippen LogP) is 5.37. The Kier molecular flexibility index (Phi) is 3.15. The number of halogens is 3. The molecule has 3 aliphatic carbocycles. The maximum Gasteiger partial charge on any atom is 0.160 e. The molecule has 0 heterocycles. The van der Waals surface area contributed by atoms with Crippen LogP contribution in [0, 0.1) is 29.5 Å². The van der Waals surface area contributed by atoms with Gasteiger partial charge in [0, 0.05) is 11.7 Å². The van der Waals surface area contributed by atoms with Gasteiger partial charge in [-0.1, -0.05) is 29.6 Å². The molecule has 5 unspecified atom stereocenters. The van der Waals surface area contributed by atoms with Gasteiger partial charge in [-0.05, 0) is 61.5 Å². The lowest BCUT2D eigenvalue weighted by molar-refractivity contribution is 0.243. The third-order valence-corrected chi connectivity index (χ3v) is 6.31. The molecule has 0 aromatic heterocycles. The summed E-state index contributed by atoms with van der Waals surface area (Å²) in [6.45, 7) is 0. The molecule has 4 heteroatoms. The molecule has 20 heavy (non-hydrogen) atoms. The zero-order valence-corrected chi connectivity index (χ0v) is 12.7. The summed E-state index contributed by atoms with van der Waals surface area (Å²) in [5.41, 5.74) is 0.855. The van der Waals surface area contributed by atoms with E-state index in [-0.39, 0.29) is 10.0 Å². The number of benzene rings is 1. The second-order valence-electron chi connectivity index (χ2n) is 6.66. The Morgan fingerprint density at radius 1 is 1.00 bits per heavy atom. The first-order valence-corrected chi connectivity index (χ1v) is 8.30. The van der Waals surface area contributed by atoms with Crippen molar-refractivity contribution in [3.05, 3.63) is 28.0 Å². The molecule has 3 aliphatic rings. The molecule has 1 aromatic rings. The van der Waals surface area contributed by atoms with Gasteiger partial charge in [-0.3, -0.25) is 0 Å². The maximum atomic E-state index is 13.5. The molecule has 1 aromatic carbocycles. The highest BCUT2D eigenvalue weighted by Gasteiger charge is 2.53. The molecule has 1 nitrogen and oxygen atoms in total. The van der Waals surface area contributed by atoms with Crippen molar-refractivity contribution in [3.8, 4) is 0 Å². The standard InChI is InChI=1S/C16H18Cl2FN/c17-13-6-9(7-14(18)16(13)19)20-15-5-8-4-12(15)11-3-1-2-10(8)11/h6-8,10-12,15,20H,1-5H2. The molecule has 0 radical (unpaired) electrons. The van der Waals surface area contributed by atoms with Crippen LogP contribution in [0.2, 0.25) is 10.0 Å². The Morgan fingerprint density at radius 3 is 2.45 bits per heavy atom.